The average Bonchev–Trinajstić information content (AvgIpc) is 3.03. The molecule has 0 N–H and O–H groups in total. The SMILES string of the molecule is O=S(=O)(On1nnc2ccc(Cl)cc21)c1ccc(Cl)cc1-c1ccccc1. The lowest BCUT2D eigenvalue weighted by Crippen LogP contribution is -2.22. The lowest BCUT2D eigenvalue weighted by atomic mass is 10.1. The standard InChI is InChI=1S/C18H11Cl2N3O3S/c19-13-7-9-18(15(10-13)12-4-2-1-3-5-12)27(24,25)26-23-17-11-14(20)6-8-16(17)21-22-23/h1-11H. The fourth-order valence-electron chi connectivity index (χ4n) is 2.62. The first-order chi connectivity index (χ1) is 12.9. The molecule has 0 spiro atoms. The van der Waals surface area contributed by atoms with Crippen molar-refractivity contribution < 1.29 is 12.7 Å². The van der Waals surface area contributed by atoms with Crippen LogP contribution in [0.4, 0.5) is 0 Å². The summed E-state index contributed by atoms with van der Waals surface area (Å²) in [5.74, 6) is 0. The van der Waals surface area contributed by atoms with Crippen LogP contribution in [0.2, 0.25) is 10.0 Å². The quantitative estimate of drug-likeness (QED) is 0.494. The summed E-state index contributed by atoms with van der Waals surface area (Å²) in [6.07, 6.45) is 0. The van der Waals surface area contributed by atoms with E-state index in [0.29, 0.717) is 32.2 Å². The molecule has 0 fully saturated rings. The van der Waals surface area contributed by atoms with Crippen molar-refractivity contribution >= 4 is 44.4 Å². The van der Waals surface area contributed by atoms with Crippen molar-refractivity contribution in [2.45, 2.75) is 4.90 Å². The number of rotatable bonds is 4. The largest absolute Gasteiger partial charge is 0.359 e. The summed E-state index contributed by atoms with van der Waals surface area (Å²) in [7, 11) is -4.22. The predicted octanol–water partition coefficient (Wildman–Crippen LogP) is 4.22. The average molecular weight is 420 g/mol. The van der Waals surface area contributed by atoms with Gasteiger partial charge in [-0.1, -0.05) is 58.4 Å². The van der Waals surface area contributed by atoms with E-state index < -0.39 is 10.1 Å². The van der Waals surface area contributed by atoms with Crippen molar-refractivity contribution in [2.24, 2.45) is 0 Å². The maximum absolute atomic E-state index is 12.9. The van der Waals surface area contributed by atoms with Crippen LogP contribution < -0.4 is 4.28 Å². The van der Waals surface area contributed by atoms with Crippen LogP contribution in [0.15, 0.2) is 71.6 Å². The Labute approximate surface area is 165 Å². The number of hydrogen-bond acceptors (Lipinski definition) is 5. The van der Waals surface area contributed by atoms with Gasteiger partial charge in [-0.05, 0) is 47.2 Å². The van der Waals surface area contributed by atoms with Gasteiger partial charge in [0.1, 0.15) is 15.9 Å². The Morgan fingerprint density at radius 2 is 1.59 bits per heavy atom. The lowest BCUT2D eigenvalue weighted by molar-refractivity contribution is 0.245. The van der Waals surface area contributed by atoms with Crippen LogP contribution in [0.1, 0.15) is 0 Å². The predicted molar refractivity (Wildman–Crippen MR) is 103 cm³/mol. The normalized spacial score (nSPS) is 11.6. The highest BCUT2D eigenvalue weighted by molar-refractivity contribution is 7.87. The van der Waals surface area contributed by atoms with Gasteiger partial charge in [0.15, 0.2) is 0 Å². The molecular weight excluding hydrogens is 409 g/mol. The molecule has 136 valence electrons. The van der Waals surface area contributed by atoms with E-state index >= 15 is 0 Å². The lowest BCUT2D eigenvalue weighted by Gasteiger charge is -2.11. The maximum atomic E-state index is 12.9. The zero-order chi connectivity index (χ0) is 19.0. The van der Waals surface area contributed by atoms with Gasteiger partial charge in [0.05, 0.1) is 0 Å². The van der Waals surface area contributed by atoms with Crippen LogP contribution in [0.3, 0.4) is 0 Å². The van der Waals surface area contributed by atoms with E-state index in [9.17, 15) is 8.42 Å². The summed E-state index contributed by atoms with van der Waals surface area (Å²) in [6.45, 7) is 0. The van der Waals surface area contributed by atoms with E-state index in [1.54, 1.807) is 42.5 Å². The molecule has 0 atom stereocenters. The molecular formula is C18H11Cl2N3O3S. The van der Waals surface area contributed by atoms with Crippen LogP contribution in [0.25, 0.3) is 22.2 Å². The third-order valence-electron chi connectivity index (χ3n) is 3.84. The highest BCUT2D eigenvalue weighted by Crippen LogP contribution is 2.30. The number of aromatic nitrogens is 3. The van der Waals surface area contributed by atoms with Crippen molar-refractivity contribution in [2.75, 3.05) is 0 Å². The zero-order valence-corrected chi connectivity index (χ0v) is 15.9. The van der Waals surface area contributed by atoms with Crippen LogP contribution in [0, 0.1) is 0 Å². The van der Waals surface area contributed by atoms with Gasteiger partial charge in [-0.3, -0.25) is 4.28 Å². The maximum Gasteiger partial charge on any atom is 0.359 e. The zero-order valence-electron chi connectivity index (χ0n) is 13.6. The highest BCUT2D eigenvalue weighted by atomic mass is 35.5. The summed E-state index contributed by atoms with van der Waals surface area (Å²) in [4.78, 5) is 0.795. The Morgan fingerprint density at radius 1 is 0.889 bits per heavy atom. The molecule has 6 nitrogen and oxygen atoms in total. The summed E-state index contributed by atoms with van der Waals surface area (Å²) in [5.41, 5.74) is 1.90. The van der Waals surface area contributed by atoms with E-state index in [1.165, 1.54) is 18.2 Å². The first-order valence-electron chi connectivity index (χ1n) is 7.75. The van der Waals surface area contributed by atoms with Crippen LogP contribution in [-0.2, 0) is 10.1 Å². The van der Waals surface area contributed by atoms with Crippen LogP contribution in [0.5, 0.6) is 0 Å². The molecule has 1 aromatic heterocycles. The van der Waals surface area contributed by atoms with E-state index in [2.05, 4.69) is 10.3 Å². The summed E-state index contributed by atoms with van der Waals surface area (Å²) in [5, 5.41) is 8.44. The second kappa shape index (κ2) is 6.84. The first kappa shape index (κ1) is 17.8. The van der Waals surface area contributed by atoms with Crippen molar-refractivity contribution in [1.82, 2.24) is 15.2 Å². The molecule has 4 aromatic rings. The van der Waals surface area contributed by atoms with Crippen molar-refractivity contribution in [3.63, 3.8) is 0 Å². The van der Waals surface area contributed by atoms with E-state index in [-0.39, 0.29) is 4.90 Å². The molecule has 0 aliphatic carbocycles. The number of benzene rings is 3. The molecule has 0 saturated heterocycles. The highest BCUT2D eigenvalue weighted by Gasteiger charge is 2.24. The van der Waals surface area contributed by atoms with Crippen LogP contribution in [-0.4, -0.2) is 23.6 Å². The molecule has 4 rings (SSSR count). The van der Waals surface area contributed by atoms with Gasteiger partial charge < -0.3 is 0 Å². The summed E-state index contributed by atoms with van der Waals surface area (Å²) >= 11 is 12.0. The Morgan fingerprint density at radius 3 is 2.37 bits per heavy atom. The molecule has 0 saturated carbocycles. The molecule has 0 bridgehead atoms. The molecule has 3 aromatic carbocycles. The Hall–Kier alpha value is -2.61. The second-order valence-electron chi connectivity index (χ2n) is 5.63. The molecule has 9 heteroatoms. The van der Waals surface area contributed by atoms with Gasteiger partial charge in [-0.15, -0.1) is 5.10 Å². The smallest absolute Gasteiger partial charge is 0.264 e. The van der Waals surface area contributed by atoms with Crippen LogP contribution >= 0.6 is 23.2 Å². The molecule has 1 heterocycles. The van der Waals surface area contributed by atoms with E-state index in [0.717, 1.165) is 4.85 Å². The molecule has 0 radical (unpaired) electrons. The third-order valence-corrected chi connectivity index (χ3v) is 5.54. The van der Waals surface area contributed by atoms with Gasteiger partial charge in [0, 0.05) is 15.6 Å². The Kier molecular flexibility index (Phi) is 4.51. The van der Waals surface area contributed by atoms with Gasteiger partial charge in [0.25, 0.3) is 0 Å². The third kappa shape index (κ3) is 3.49. The first-order valence-corrected chi connectivity index (χ1v) is 9.91. The minimum Gasteiger partial charge on any atom is -0.264 e. The van der Waals surface area contributed by atoms with Gasteiger partial charge >= 0.3 is 10.1 Å². The number of nitrogens with zero attached hydrogens (tertiary/aromatic N) is 3. The van der Waals surface area contributed by atoms with Gasteiger partial charge in [-0.2, -0.15) is 8.42 Å². The molecule has 0 amide bonds. The van der Waals surface area contributed by atoms with Gasteiger partial charge in [-0.25, -0.2) is 0 Å². The molecule has 0 aliphatic heterocycles. The Bertz CT molecular complexity index is 1240. The minimum absolute atomic E-state index is 0.0382. The van der Waals surface area contributed by atoms with Crippen molar-refractivity contribution in [3.8, 4) is 11.1 Å². The minimum atomic E-state index is -4.22. The van der Waals surface area contributed by atoms with E-state index in [1.807, 2.05) is 6.07 Å². The van der Waals surface area contributed by atoms with Crippen molar-refractivity contribution in [3.05, 3.63) is 76.8 Å². The van der Waals surface area contributed by atoms with Crippen molar-refractivity contribution in [1.29, 1.82) is 0 Å². The monoisotopic (exact) mass is 419 g/mol. The fourth-order valence-corrected chi connectivity index (χ4v) is 4.02. The molecule has 0 aliphatic rings. The van der Waals surface area contributed by atoms with Gasteiger partial charge in [0.2, 0.25) is 0 Å². The van der Waals surface area contributed by atoms with E-state index in [4.69, 9.17) is 27.5 Å². The number of hydrogen-bond donors (Lipinski definition) is 0. The fraction of sp³-hybridized carbons (Fsp3) is 0. The topological polar surface area (TPSA) is 74.1 Å². The number of halogens is 2. The molecule has 0 unspecified atom stereocenters. The summed E-state index contributed by atoms with van der Waals surface area (Å²) in [6, 6.07) is 18.2. The Balaban J connectivity index is 1.82. The second-order valence-corrected chi connectivity index (χ2v) is 8.00. The summed E-state index contributed by atoms with van der Waals surface area (Å²) < 4.78 is 31.1. The molecule has 27 heavy (non-hydrogen) atoms. The number of fused-ring (bicyclic) bond motifs is 1.